The van der Waals surface area contributed by atoms with Crippen LogP contribution in [0.1, 0.15) is 12.0 Å². The van der Waals surface area contributed by atoms with E-state index in [1.54, 1.807) is 0 Å². The van der Waals surface area contributed by atoms with Crippen molar-refractivity contribution in [2.45, 2.75) is 18.7 Å². The van der Waals surface area contributed by atoms with E-state index in [0.29, 0.717) is 0 Å². The zero-order valence-corrected chi connectivity index (χ0v) is 9.79. The van der Waals surface area contributed by atoms with E-state index in [1.165, 1.54) is 6.07 Å². The van der Waals surface area contributed by atoms with Crippen LogP contribution in [-0.4, -0.2) is 23.7 Å². The summed E-state index contributed by atoms with van der Waals surface area (Å²) in [7, 11) is 0. The van der Waals surface area contributed by atoms with Gasteiger partial charge in [-0.25, -0.2) is 0 Å². The molecule has 1 saturated heterocycles. The average Bonchev–Trinajstić information content (AvgIpc) is 2.55. The van der Waals surface area contributed by atoms with Crippen LogP contribution in [-0.2, 0) is 11.0 Å². The Kier molecular flexibility index (Phi) is 3.25. The lowest BCUT2D eigenvalue weighted by Gasteiger charge is -2.18. The molecule has 7 heteroatoms. The molecule has 0 spiro atoms. The predicted molar refractivity (Wildman–Crippen MR) is 59.4 cm³/mol. The van der Waals surface area contributed by atoms with Gasteiger partial charge in [-0.1, -0.05) is 11.6 Å². The zero-order chi connectivity index (χ0) is 13.5. The largest absolute Gasteiger partial charge is 0.416 e. The number of aliphatic hydroxyl groups excluding tert-OH is 1. The maximum absolute atomic E-state index is 12.6. The Morgan fingerprint density at radius 3 is 2.50 bits per heavy atom. The van der Waals surface area contributed by atoms with Crippen molar-refractivity contribution in [3.05, 3.63) is 28.8 Å². The van der Waals surface area contributed by atoms with Gasteiger partial charge in [-0.05, 0) is 18.2 Å². The van der Waals surface area contributed by atoms with Crippen LogP contribution in [0.5, 0.6) is 0 Å². The molecule has 1 unspecified atom stereocenters. The summed E-state index contributed by atoms with van der Waals surface area (Å²) < 4.78 is 37.8. The topological polar surface area (TPSA) is 40.5 Å². The Morgan fingerprint density at radius 1 is 1.33 bits per heavy atom. The van der Waals surface area contributed by atoms with Gasteiger partial charge in [0.25, 0.3) is 0 Å². The number of alkyl halides is 3. The fourth-order valence-corrected chi connectivity index (χ4v) is 2.06. The van der Waals surface area contributed by atoms with Gasteiger partial charge in [0.1, 0.15) is 0 Å². The highest BCUT2D eigenvalue weighted by atomic mass is 35.5. The van der Waals surface area contributed by atoms with Gasteiger partial charge in [-0.2, -0.15) is 13.2 Å². The van der Waals surface area contributed by atoms with Crippen LogP contribution in [0, 0.1) is 0 Å². The van der Waals surface area contributed by atoms with Gasteiger partial charge in [0.05, 0.1) is 24.6 Å². The van der Waals surface area contributed by atoms with Crippen LogP contribution in [0.2, 0.25) is 5.02 Å². The fraction of sp³-hybridized carbons (Fsp3) is 0.364. The summed E-state index contributed by atoms with van der Waals surface area (Å²) in [6.07, 6.45) is -5.47. The summed E-state index contributed by atoms with van der Waals surface area (Å²) in [6.45, 7) is -0.0174. The minimum absolute atomic E-state index is 0.0174. The van der Waals surface area contributed by atoms with Gasteiger partial charge in [0.2, 0.25) is 5.91 Å². The molecule has 1 heterocycles. The SMILES string of the molecule is O=C1CC(O)CN1c1cc(Cl)cc(C(F)(F)F)c1. The molecule has 98 valence electrons. The van der Waals surface area contributed by atoms with E-state index in [4.69, 9.17) is 11.6 Å². The number of rotatable bonds is 1. The first-order chi connectivity index (χ1) is 8.27. The molecule has 1 aromatic rings. The number of amides is 1. The summed E-state index contributed by atoms with van der Waals surface area (Å²) in [4.78, 5) is 12.6. The third-order valence-corrected chi connectivity index (χ3v) is 2.84. The second-order valence-corrected chi connectivity index (χ2v) is 4.49. The van der Waals surface area contributed by atoms with Gasteiger partial charge in [0.15, 0.2) is 0 Å². The number of anilines is 1. The number of hydrogen-bond donors (Lipinski definition) is 1. The van der Waals surface area contributed by atoms with Crippen LogP contribution in [0.25, 0.3) is 0 Å². The molecule has 18 heavy (non-hydrogen) atoms. The van der Waals surface area contributed by atoms with Crippen LogP contribution >= 0.6 is 11.6 Å². The molecule has 0 saturated carbocycles. The van der Waals surface area contributed by atoms with Gasteiger partial charge >= 0.3 is 6.18 Å². The number of carbonyl (C=O) groups excluding carboxylic acids is 1. The van der Waals surface area contributed by atoms with E-state index in [0.717, 1.165) is 17.0 Å². The Labute approximate surface area is 106 Å². The maximum Gasteiger partial charge on any atom is 0.416 e. The van der Waals surface area contributed by atoms with Crippen molar-refractivity contribution in [3.8, 4) is 0 Å². The molecule has 3 nitrogen and oxygen atoms in total. The number of benzene rings is 1. The number of hydrogen-bond acceptors (Lipinski definition) is 2. The molecular weight excluding hydrogens is 271 g/mol. The lowest BCUT2D eigenvalue weighted by Crippen LogP contribution is -2.25. The zero-order valence-electron chi connectivity index (χ0n) is 9.04. The van der Waals surface area contributed by atoms with E-state index in [1.807, 2.05) is 0 Å². The Hall–Kier alpha value is -1.27. The number of halogens is 4. The number of carbonyl (C=O) groups is 1. The predicted octanol–water partition coefficient (Wildman–Crippen LogP) is 2.46. The molecule has 1 aromatic carbocycles. The van der Waals surface area contributed by atoms with Crippen molar-refractivity contribution in [3.63, 3.8) is 0 Å². The summed E-state index contributed by atoms with van der Waals surface area (Å²) in [5.41, 5.74) is -0.865. The lowest BCUT2D eigenvalue weighted by molar-refractivity contribution is -0.137. The second kappa shape index (κ2) is 4.44. The van der Waals surface area contributed by atoms with Crippen LogP contribution in [0.15, 0.2) is 18.2 Å². The van der Waals surface area contributed by atoms with Gasteiger partial charge in [-0.3, -0.25) is 4.79 Å². The smallest absolute Gasteiger partial charge is 0.391 e. The molecule has 0 aromatic heterocycles. The molecular formula is C11H9ClF3NO2. The van der Waals surface area contributed by atoms with Crippen molar-refractivity contribution in [1.82, 2.24) is 0 Å². The van der Waals surface area contributed by atoms with Crippen molar-refractivity contribution < 1.29 is 23.1 Å². The highest BCUT2D eigenvalue weighted by Gasteiger charge is 2.34. The monoisotopic (exact) mass is 279 g/mol. The molecule has 1 amide bonds. The summed E-state index contributed by atoms with van der Waals surface area (Å²) in [5.74, 6) is -0.419. The minimum atomic E-state index is -4.53. The first-order valence-corrected chi connectivity index (χ1v) is 5.51. The molecule has 1 N–H and O–H groups in total. The number of β-amino-alcohol motifs (C(OH)–C–C–N with tert-alkyl or cyclic N) is 1. The third kappa shape index (κ3) is 2.59. The molecule has 0 aliphatic carbocycles. The Bertz CT molecular complexity index is 490. The summed E-state index contributed by atoms with van der Waals surface area (Å²) in [6, 6.07) is 2.91. The van der Waals surface area contributed by atoms with E-state index < -0.39 is 23.8 Å². The number of aliphatic hydroxyl groups is 1. The molecule has 0 radical (unpaired) electrons. The van der Waals surface area contributed by atoms with Crippen molar-refractivity contribution in [2.75, 3.05) is 11.4 Å². The first-order valence-electron chi connectivity index (χ1n) is 5.13. The fourth-order valence-electron chi connectivity index (χ4n) is 1.83. The van der Waals surface area contributed by atoms with Crippen molar-refractivity contribution in [1.29, 1.82) is 0 Å². The molecule has 1 atom stereocenters. The highest BCUT2D eigenvalue weighted by Crippen LogP contribution is 2.35. The quantitative estimate of drug-likeness (QED) is 0.858. The maximum atomic E-state index is 12.6. The Balaban J connectivity index is 2.40. The van der Waals surface area contributed by atoms with Gasteiger partial charge < -0.3 is 10.0 Å². The van der Waals surface area contributed by atoms with Crippen LogP contribution < -0.4 is 4.90 Å². The van der Waals surface area contributed by atoms with E-state index >= 15 is 0 Å². The van der Waals surface area contributed by atoms with Crippen LogP contribution in [0.3, 0.4) is 0 Å². The normalized spacial score (nSPS) is 20.6. The molecule has 1 fully saturated rings. The van der Waals surface area contributed by atoms with Crippen molar-refractivity contribution >= 4 is 23.2 Å². The minimum Gasteiger partial charge on any atom is -0.391 e. The standard InChI is InChI=1S/C11H9ClF3NO2/c12-7-1-6(11(13,14)15)2-8(3-7)16-5-9(17)4-10(16)18/h1-3,9,17H,4-5H2. The van der Waals surface area contributed by atoms with Crippen molar-refractivity contribution in [2.24, 2.45) is 0 Å². The second-order valence-electron chi connectivity index (χ2n) is 4.06. The van der Waals surface area contributed by atoms with Crippen LogP contribution in [0.4, 0.5) is 18.9 Å². The lowest BCUT2D eigenvalue weighted by atomic mass is 10.2. The molecule has 1 aliphatic rings. The molecule has 2 rings (SSSR count). The third-order valence-electron chi connectivity index (χ3n) is 2.63. The molecule has 0 bridgehead atoms. The number of nitrogens with zero attached hydrogens (tertiary/aromatic N) is 1. The Morgan fingerprint density at radius 2 is 2.00 bits per heavy atom. The molecule has 1 aliphatic heterocycles. The van der Waals surface area contributed by atoms with E-state index in [2.05, 4.69) is 0 Å². The summed E-state index contributed by atoms with van der Waals surface area (Å²) >= 11 is 5.62. The average molecular weight is 280 g/mol. The summed E-state index contributed by atoms with van der Waals surface area (Å²) in [5, 5.41) is 9.21. The van der Waals surface area contributed by atoms with Gasteiger partial charge in [-0.15, -0.1) is 0 Å². The first kappa shape index (κ1) is 13.2. The van der Waals surface area contributed by atoms with E-state index in [-0.39, 0.29) is 23.7 Å². The highest BCUT2D eigenvalue weighted by molar-refractivity contribution is 6.31. The van der Waals surface area contributed by atoms with Gasteiger partial charge in [0, 0.05) is 10.7 Å². The van der Waals surface area contributed by atoms with E-state index in [9.17, 15) is 23.1 Å².